The van der Waals surface area contributed by atoms with E-state index < -0.39 is 0 Å². The summed E-state index contributed by atoms with van der Waals surface area (Å²) >= 11 is 0. The second-order valence-electron chi connectivity index (χ2n) is 6.29. The molecule has 0 aromatic heterocycles. The van der Waals surface area contributed by atoms with Crippen LogP contribution in [0.15, 0.2) is 34.9 Å². The SMILES string of the molecule is O=C1C=C2CCC3C4CCC=C4CC(=O)C3C2=CC1. The van der Waals surface area contributed by atoms with Gasteiger partial charge in [0.25, 0.3) is 0 Å². The molecule has 0 heterocycles. The van der Waals surface area contributed by atoms with Gasteiger partial charge in [0.2, 0.25) is 0 Å². The number of ketones is 2. The van der Waals surface area contributed by atoms with Crippen LogP contribution in [0.2, 0.25) is 0 Å². The number of Topliss-reactive ketones (excluding diaryl/α,β-unsaturated/α-hetero) is 1. The van der Waals surface area contributed by atoms with Crippen LogP contribution in [-0.4, -0.2) is 11.6 Å². The molecule has 4 rings (SSSR count). The van der Waals surface area contributed by atoms with Crippen LogP contribution in [0.1, 0.15) is 38.5 Å². The molecule has 0 amide bonds. The molecular formula is C17H18O2. The number of rotatable bonds is 0. The van der Waals surface area contributed by atoms with Crippen molar-refractivity contribution in [2.75, 3.05) is 0 Å². The van der Waals surface area contributed by atoms with Crippen molar-refractivity contribution in [1.29, 1.82) is 0 Å². The first-order valence-electron chi connectivity index (χ1n) is 7.39. The number of fused-ring (bicyclic) bond motifs is 5. The van der Waals surface area contributed by atoms with E-state index in [1.807, 2.05) is 6.08 Å². The lowest BCUT2D eigenvalue weighted by Gasteiger charge is -2.43. The maximum absolute atomic E-state index is 12.5. The Morgan fingerprint density at radius 3 is 2.89 bits per heavy atom. The number of hydrogen-bond acceptors (Lipinski definition) is 2. The third kappa shape index (κ3) is 1.62. The molecule has 0 radical (unpaired) electrons. The summed E-state index contributed by atoms with van der Waals surface area (Å²) in [7, 11) is 0. The fraction of sp³-hybridized carbons (Fsp3) is 0.529. The zero-order valence-corrected chi connectivity index (χ0v) is 11.0. The van der Waals surface area contributed by atoms with Gasteiger partial charge in [0.05, 0.1) is 0 Å². The summed E-state index contributed by atoms with van der Waals surface area (Å²) in [6, 6.07) is 0. The highest BCUT2D eigenvalue weighted by Crippen LogP contribution is 2.52. The first-order valence-corrected chi connectivity index (χ1v) is 7.39. The molecule has 0 aromatic carbocycles. The Labute approximate surface area is 113 Å². The minimum absolute atomic E-state index is 0.0911. The first-order chi connectivity index (χ1) is 9.24. The molecule has 3 atom stereocenters. The lowest BCUT2D eigenvalue weighted by Crippen LogP contribution is -2.40. The van der Waals surface area contributed by atoms with Gasteiger partial charge in [-0.2, -0.15) is 0 Å². The zero-order valence-electron chi connectivity index (χ0n) is 11.0. The Balaban J connectivity index is 1.74. The van der Waals surface area contributed by atoms with E-state index in [-0.39, 0.29) is 11.7 Å². The molecule has 4 aliphatic carbocycles. The molecule has 0 N–H and O–H groups in total. The number of hydrogen-bond donors (Lipinski definition) is 0. The molecule has 0 spiro atoms. The first kappa shape index (κ1) is 11.4. The summed E-state index contributed by atoms with van der Waals surface area (Å²) in [6.07, 6.45) is 11.7. The molecule has 2 fully saturated rings. The second-order valence-corrected chi connectivity index (χ2v) is 6.29. The lowest BCUT2D eigenvalue weighted by atomic mass is 9.60. The van der Waals surface area contributed by atoms with E-state index in [1.54, 1.807) is 6.08 Å². The molecule has 19 heavy (non-hydrogen) atoms. The van der Waals surface area contributed by atoms with E-state index in [0.717, 1.165) is 24.8 Å². The van der Waals surface area contributed by atoms with Crippen LogP contribution >= 0.6 is 0 Å². The molecule has 2 saturated carbocycles. The Morgan fingerprint density at radius 2 is 2.00 bits per heavy atom. The number of carbonyl (C=O) groups is 2. The van der Waals surface area contributed by atoms with Crippen molar-refractivity contribution in [3.8, 4) is 0 Å². The summed E-state index contributed by atoms with van der Waals surface area (Å²) in [5.41, 5.74) is 3.76. The molecule has 0 aromatic rings. The largest absolute Gasteiger partial charge is 0.299 e. The highest BCUT2D eigenvalue weighted by molar-refractivity contribution is 5.96. The molecule has 0 bridgehead atoms. The van der Waals surface area contributed by atoms with Gasteiger partial charge in [-0.15, -0.1) is 0 Å². The van der Waals surface area contributed by atoms with Crippen molar-refractivity contribution < 1.29 is 9.59 Å². The fourth-order valence-corrected chi connectivity index (χ4v) is 4.58. The second kappa shape index (κ2) is 4.03. The van der Waals surface area contributed by atoms with Crippen LogP contribution in [-0.2, 0) is 9.59 Å². The van der Waals surface area contributed by atoms with Crippen LogP contribution in [0.5, 0.6) is 0 Å². The summed E-state index contributed by atoms with van der Waals surface area (Å²) < 4.78 is 0. The van der Waals surface area contributed by atoms with Gasteiger partial charge in [0, 0.05) is 18.8 Å². The predicted octanol–water partition coefficient (Wildman–Crippen LogP) is 3.15. The minimum atomic E-state index is 0.0911. The average molecular weight is 254 g/mol. The summed E-state index contributed by atoms with van der Waals surface area (Å²) in [5, 5.41) is 0. The van der Waals surface area contributed by atoms with E-state index in [0.29, 0.717) is 30.5 Å². The van der Waals surface area contributed by atoms with Gasteiger partial charge in [-0.25, -0.2) is 0 Å². The smallest absolute Gasteiger partial charge is 0.159 e. The van der Waals surface area contributed by atoms with Crippen LogP contribution in [0.3, 0.4) is 0 Å². The predicted molar refractivity (Wildman–Crippen MR) is 72.4 cm³/mol. The Bertz CT molecular complexity index is 562. The minimum Gasteiger partial charge on any atom is -0.299 e. The van der Waals surface area contributed by atoms with Crippen LogP contribution in [0, 0.1) is 17.8 Å². The van der Waals surface area contributed by atoms with Crippen molar-refractivity contribution in [3.05, 3.63) is 34.9 Å². The molecule has 4 aliphatic rings. The quantitative estimate of drug-likeness (QED) is 0.622. The summed E-state index contributed by atoms with van der Waals surface area (Å²) in [4.78, 5) is 24.0. The van der Waals surface area contributed by atoms with Gasteiger partial charge in [-0.05, 0) is 54.7 Å². The van der Waals surface area contributed by atoms with Crippen molar-refractivity contribution in [2.24, 2.45) is 17.8 Å². The molecule has 2 heteroatoms. The Kier molecular flexibility index (Phi) is 2.41. The lowest BCUT2D eigenvalue weighted by molar-refractivity contribution is -0.125. The standard InChI is InChI=1S/C17H18O2/c18-12-5-7-14-11(8-12)4-6-15-13-3-1-2-10(13)9-16(19)17(14)15/h2,7-8,13,15,17H,1,3-6,9H2. The molecule has 0 aliphatic heterocycles. The molecule has 0 saturated heterocycles. The highest BCUT2D eigenvalue weighted by atomic mass is 16.1. The molecule has 98 valence electrons. The van der Waals surface area contributed by atoms with Gasteiger partial charge < -0.3 is 0 Å². The van der Waals surface area contributed by atoms with E-state index in [4.69, 9.17) is 0 Å². The fourth-order valence-electron chi connectivity index (χ4n) is 4.58. The summed E-state index contributed by atoms with van der Waals surface area (Å²) in [5.74, 6) is 1.82. The normalized spacial score (nSPS) is 36.8. The van der Waals surface area contributed by atoms with Gasteiger partial charge in [0.15, 0.2) is 5.78 Å². The molecule has 2 nitrogen and oxygen atoms in total. The topological polar surface area (TPSA) is 34.1 Å². The van der Waals surface area contributed by atoms with Crippen molar-refractivity contribution in [3.63, 3.8) is 0 Å². The van der Waals surface area contributed by atoms with Gasteiger partial charge in [-0.1, -0.05) is 17.7 Å². The van der Waals surface area contributed by atoms with Crippen LogP contribution in [0.25, 0.3) is 0 Å². The maximum Gasteiger partial charge on any atom is 0.159 e. The highest BCUT2D eigenvalue weighted by Gasteiger charge is 2.46. The van der Waals surface area contributed by atoms with Crippen molar-refractivity contribution in [1.82, 2.24) is 0 Å². The third-order valence-electron chi connectivity index (χ3n) is 5.34. The average Bonchev–Trinajstić information content (AvgIpc) is 2.86. The monoisotopic (exact) mass is 254 g/mol. The van der Waals surface area contributed by atoms with E-state index >= 15 is 0 Å². The summed E-state index contributed by atoms with van der Waals surface area (Å²) in [6.45, 7) is 0. The Morgan fingerprint density at radius 1 is 1.11 bits per heavy atom. The number of allylic oxidation sites excluding steroid dienone is 6. The maximum atomic E-state index is 12.5. The van der Waals surface area contributed by atoms with Crippen LogP contribution in [0.4, 0.5) is 0 Å². The molecular weight excluding hydrogens is 236 g/mol. The zero-order chi connectivity index (χ0) is 13.0. The van der Waals surface area contributed by atoms with Crippen LogP contribution < -0.4 is 0 Å². The van der Waals surface area contributed by atoms with Crippen molar-refractivity contribution >= 4 is 11.6 Å². The van der Waals surface area contributed by atoms with Crippen molar-refractivity contribution in [2.45, 2.75) is 38.5 Å². The van der Waals surface area contributed by atoms with E-state index in [2.05, 4.69) is 6.08 Å². The number of carbonyl (C=O) groups excluding carboxylic acids is 2. The Hall–Kier alpha value is -1.44. The van der Waals surface area contributed by atoms with Gasteiger partial charge in [0.1, 0.15) is 5.78 Å². The molecule has 3 unspecified atom stereocenters. The third-order valence-corrected chi connectivity index (χ3v) is 5.34. The van der Waals surface area contributed by atoms with Gasteiger partial charge in [-0.3, -0.25) is 9.59 Å². The van der Waals surface area contributed by atoms with E-state index in [1.165, 1.54) is 17.6 Å². The van der Waals surface area contributed by atoms with E-state index in [9.17, 15) is 9.59 Å². The van der Waals surface area contributed by atoms with Gasteiger partial charge >= 0.3 is 0 Å².